The van der Waals surface area contributed by atoms with Crippen LogP contribution in [0.5, 0.6) is 0 Å². The van der Waals surface area contributed by atoms with Crippen molar-refractivity contribution in [3.63, 3.8) is 0 Å². The van der Waals surface area contributed by atoms with Gasteiger partial charge in [0.15, 0.2) is 0 Å². The maximum absolute atomic E-state index is 13.3. The van der Waals surface area contributed by atoms with Gasteiger partial charge in [0.25, 0.3) is 0 Å². The number of hydroxylamine groups is 1. The number of benzene rings is 2. The van der Waals surface area contributed by atoms with E-state index in [0.29, 0.717) is 0 Å². The molecule has 124 valence electrons. The number of aryl methyl sites for hydroxylation is 1. The van der Waals surface area contributed by atoms with Crippen LogP contribution in [0, 0.1) is 12.7 Å². The Hall–Kier alpha value is -3.21. The average Bonchev–Trinajstić information content (AvgIpc) is 3.09. The van der Waals surface area contributed by atoms with E-state index in [2.05, 4.69) is 9.97 Å². The van der Waals surface area contributed by atoms with Gasteiger partial charge in [-0.15, -0.1) is 0 Å². The first-order chi connectivity index (χ1) is 12.2. The highest BCUT2D eigenvalue weighted by Crippen LogP contribution is 2.41. The smallest absolute Gasteiger partial charge is 0.138 e. The molecule has 0 spiro atoms. The van der Waals surface area contributed by atoms with Crippen molar-refractivity contribution in [3.8, 4) is 0 Å². The average molecular weight is 333 g/mol. The van der Waals surface area contributed by atoms with Gasteiger partial charge < -0.3 is 4.84 Å². The summed E-state index contributed by atoms with van der Waals surface area (Å²) in [4.78, 5) is 14.3. The van der Waals surface area contributed by atoms with Crippen LogP contribution in [-0.2, 0) is 4.84 Å². The zero-order valence-corrected chi connectivity index (χ0v) is 13.6. The molecule has 0 N–H and O–H groups in total. The zero-order chi connectivity index (χ0) is 17.2. The maximum atomic E-state index is 13.3. The van der Waals surface area contributed by atoms with Gasteiger partial charge in [-0.1, -0.05) is 29.8 Å². The molecular formula is C20H16FN3O. The van der Waals surface area contributed by atoms with Crippen LogP contribution < -0.4 is 5.06 Å². The molecule has 3 aromatic rings. The number of hydrogen-bond acceptors (Lipinski definition) is 4. The van der Waals surface area contributed by atoms with Gasteiger partial charge in [0.2, 0.25) is 0 Å². The van der Waals surface area contributed by atoms with E-state index in [1.807, 2.05) is 37.3 Å². The van der Waals surface area contributed by atoms with E-state index < -0.39 is 0 Å². The lowest BCUT2D eigenvalue weighted by molar-refractivity contribution is 0.224. The normalized spacial score (nSPS) is 16.5. The minimum atomic E-state index is -0.266. The van der Waals surface area contributed by atoms with Crippen LogP contribution in [0.15, 0.2) is 73.4 Å². The van der Waals surface area contributed by atoms with Crippen LogP contribution in [0.4, 0.5) is 10.1 Å². The molecule has 0 saturated heterocycles. The third-order valence-corrected chi connectivity index (χ3v) is 4.17. The Balaban J connectivity index is 1.77. The van der Waals surface area contributed by atoms with E-state index in [-0.39, 0.29) is 11.9 Å². The highest BCUT2D eigenvalue weighted by Gasteiger charge is 2.33. The standard InChI is InChI=1S/C20H16FN3O/c1-14-2-8-17(9-3-14)24-20(19-10-11-22-13-23-19)18(12-25-24)15-4-6-16(21)7-5-15/h2-13,20H,1H3. The fraction of sp³-hybridized carbons (Fsp3) is 0.100. The van der Waals surface area contributed by atoms with Gasteiger partial charge in [0.1, 0.15) is 24.4 Å². The summed E-state index contributed by atoms with van der Waals surface area (Å²) in [6.07, 6.45) is 4.92. The van der Waals surface area contributed by atoms with Gasteiger partial charge in [-0.25, -0.2) is 14.4 Å². The fourth-order valence-electron chi connectivity index (χ4n) is 2.88. The first-order valence-corrected chi connectivity index (χ1v) is 7.97. The Morgan fingerprint density at radius 1 is 1.00 bits per heavy atom. The second kappa shape index (κ2) is 6.36. The summed E-state index contributed by atoms with van der Waals surface area (Å²) in [6, 6.07) is 16.1. The van der Waals surface area contributed by atoms with Crippen molar-refractivity contribution >= 4 is 11.3 Å². The van der Waals surface area contributed by atoms with Gasteiger partial charge in [0, 0.05) is 11.8 Å². The molecule has 0 radical (unpaired) electrons. The molecule has 1 aliphatic heterocycles. The Morgan fingerprint density at radius 2 is 1.76 bits per heavy atom. The Morgan fingerprint density at radius 3 is 2.44 bits per heavy atom. The quantitative estimate of drug-likeness (QED) is 0.709. The summed E-state index contributed by atoms with van der Waals surface area (Å²) in [5.74, 6) is -0.266. The summed E-state index contributed by atoms with van der Waals surface area (Å²) >= 11 is 0. The summed E-state index contributed by atoms with van der Waals surface area (Å²) in [5, 5.41) is 1.81. The highest BCUT2D eigenvalue weighted by molar-refractivity contribution is 5.75. The predicted octanol–water partition coefficient (Wildman–Crippen LogP) is 4.46. The first-order valence-electron chi connectivity index (χ1n) is 7.97. The third-order valence-electron chi connectivity index (χ3n) is 4.17. The number of nitrogens with zero attached hydrogens (tertiary/aromatic N) is 3. The van der Waals surface area contributed by atoms with Gasteiger partial charge in [0.05, 0.1) is 11.4 Å². The molecule has 4 nitrogen and oxygen atoms in total. The summed E-state index contributed by atoms with van der Waals surface area (Å²) in [5.41, 5.74) is 4.71. The van der Waals surface area contributed by atoms with E-state index >= 15 is 0 Å². The highest BCUT2D eigenvalue weighted by atomic mass is 19.1. The van der Waals surface area contributed by atoms with Gasteiger partial charge in [-0.3, -0.25) is 0 Å². The van der Waals surface area contributed by atoms with Crippen LogP contribution in [-0.4, -0.2) is 9.97 Å². The number of hydrogen-bond donors (Lipinski definition) is 0. The monoisotopic (exact) mass is 333 g/mol. The Bertz CT molecular complexity index is 892. The summed E-state index contributed by atoms with van der Waals surface area (Å²) in [6.45, 7) is 2.04. The van der Waals surface area contributed by atoms with Crippen LogP contribution in [0.3, 0.4) is 0 Å². The topological polar surface area (TPSA) is 38.2 Å². The minimum absolute atomic E-state index is 0.240. The van der Waals surface area contributed by atoms with E-state index in [0.717, 1.165) is 22.5 Å². The number of aromatic nitrogens is 2. The van der Waals surface area contributed by atoms with E-state index in [1.165, 1.54) is 24.0 Å². The van der Waals surface area contributed by atoms with Crippen molar-refractivity contribution in [3.05, 3.63) is 96.0 Å². The van der Waals surface area contributed by atoms with E-state index in [4.69, 9.17) is 4.84 Å². The molecule has 2 aromatic carbocycles. The van der Waals surface area contributed by atoms with Crippen molar-refractivity contribution in [1.82, 2.24) is 9.97 Å². The molecule has 0 fully saturated rings. The van der Waals surface area contributed by atoms with E-state index in [9.17, 15) is 4.39 Å². The van der Waals surface area contributed by atoms with Crippen molar-refractivity contribution in [2.45, 2.75) is 13.0 Å². The SMILES string of the molecule is Cc1ccc(N2OC=C(c3ccc(F)cc3)C2c2ccncn2)cc1. The molecule has 2 heterocycles. The van der Waals surface area contributed by atoms with Crippen LogP contribution in [0.25, 0.3) is 5.57 Å². The van der Waals surface area contributed by atoms with Crippen molar-refractivity contribution in [2.24, 2.45) is 0 Å². The lowest BCUT2D eigenvalue weighted by Gasteiger charge is -2.26. The molecule has 5 heteroatoms. The molecule has 0 aliphatic carbocycles. The largest absolute Gasteiger partial charge is 0.386 e. The molecule has 1 aliphatic rings. The number of anilines is 1. The van der Waals surface area contributed by atoms with Crippen LogP contribution in [0.1, 0.15) is 22.9 Å². The molecule has 1 atom stereocenters. The third kappa shape index (κ3) is 2.96. The number of rotatable bonds is 3. The van der Waals surface area contributed by atoms with Gasteiger partial charge in [-0.05, 0) is 42.8 Å². The minimum Gasteiger partial charge on any atom is -0.386 e. The van der Waals surface area contributed by atoms with Crippen molar-refractivity contribution in [2.75, 3.05) is 5.06 Å². The molecule has 0 saturated carbocycles. The predicted molar refractivity (Wildman–Crippen MR) is 93.9 cm³/mol. The molecule has 1 unspecified atom stereocenters. The summed E-state index contributed by atoms with van der Waals surface area (Å²) in [7, 11) is 0. The lowest BCUT2D eigenvalue weighted by atomic mass is 9.97. The van der Waals surface area contributed by atoms with Crippen molar-refractivity contribution in [1.29, 1.82) is 0 Å². The molecule has 0 bridgehead atoms. The second-order valence-corrected chi connectivity index (χ2v) is 5.88. The zero-order valence-electron chi connectivity index (χ0n) is 13.6. The molecule has 25 heavy (non-hydrogen) atoms. The molecule has 0 amide bonds. The number of halogens is 1. The van der Waals surface area contributed by atoms with Gasteiger partial charge >= 0.3 is 0 Å². The van der Waals surface area contributed by atoms with Crippen LogP contribution in [0.2, 0.25) is 0 Å². The lowest BCUT2D eigenvalue weighted by Crippen LogP contribution is -2.24. The van der Waals surface area contributed by atoms with E-state index in [1.54, 1.807) is 29.7 Å². The van der Waals surface area contributed by atoms with Crippen LogP contribution >= 0.6 is 0 Å². The fourth-order valence-corrected chi connectivity index (χ4v) is 2.88. The molecule has 4 rings (SSSR count). The first kappa shape index (κ1) is 15.3. The maximum Gasteiger partial charge on any atom is 0.138 e. The molecule has 1 aromatic heterocycles. The Kier molecular flexibility index (Phi) is 3.90. The molecular weight excluding hydrogens is 317 g/mol. The Labute approximate surface area is 145 Å². The second-order valence-electron chi connectivity index (χ2n) is 5.88. The van der Waals surface area contributed by atoms with Crippen molar-refractivity contribution < 1.29 is 9.23 Å². The summed E-state index contributed by atoms with van der Waals surface area (Å²) < 4.78 is 13.3. The van der Waals surface area contributed by atoms with Gasteiger partial charge in [-0.2, -0.15) is 5.06 Å².